The molecule has 1 aromatic carbocycles. The zero-order valence-electron chi connectivity index (χ0n) is 9.68. The number of aromatic nitrogens is 3. The fourth-order valence-electron chi connectivity index (χ4n) is 1.41. The molecule has 0 spiro atoms. The van der Waals surface area contributed by atoms with Crippen molar-refractivity contribution in [2.24, 2.45) is 0 Å². The molecular weight excluding hydrogens is 280 g/mol. The third-order valence-corrected chi connectivity index (χ3v) is 2.89. The molecule has 0 radical (unpaired) electrons. The lowest BCUT2D eigenvalue weighted by atomic mass is 10.1. The van der Waals surface area contributed by atoms with E-state index in [9.17, 15) is 0 Å². The first-order valence-electron chi connectivity index (χ1n) is 5.34. The van der Waals surface area contributed by atoms with Gasteiger partial charge >= 0.3 is 0 Å². The summed E-state index contributed by atoms with van der Waals surface area (Å²) in [7, 11) is 0. The fraction of sp³-hybridized carbons (Fsp3) is 0.250. The molecule has 88 valence electrons. The van der Waals surface area contributed by atoms with Gasteiger partial charge in [-0.05, 0) is 12.1 Å². The van der Waals surface area contributed by atoms with Crippen molar-refractivity contribution in [1.29, 1.82) is 0 Å². The van der Waals surface area contributed by atoms with Crippen molar-refractivity contribution >= 4 is 21.7 Å². The molecule has 5 heteroatoms. The molecular formula is C12H13BrN4. The monoisotopic (exact) mass is 292 g/mol. The Balaban J connectivity index is 2.43. The third-order valence-electron chi connectivity index (χ3n) is 2.36. The van der Waals surface area contributed by atoms with E-state index >= 15 is 0 Å². The molecule has 2 N–H and O–H groups in total. The topological polar surface area (TPSA) is 64.7 Å². The highest BCUT2D eigenvalue weighted by Gasteiger charge is 2.10. The van der Waals surface area contributed by atoms with Gasteiger partial charge in [0.1, 0.15) is 5.69 Å². The largest absolute Gasteiger partial charge is 0.382 e. The second kappa shape index (κ2) is 4.79. The number of benzene rings is 1. The minimum atomic E-state index is 0.226. The predicted molar refractivity (Wildman–Crippen MR) is 71.5 cm³/mol. The summed E-state index contributed by atoms with van der Waals surface area (Å²) in [6, 6.07) is 7.74. The molecule has 0 unspecified atom stereocenters. The normalized spacial score (nSPS) is 10.8. The molecule has 0 aliphatic heterocycles. The Hall–Kier alpha value is -1.49. The SMILES string of the molecule is CC(C)c1nnc(-c2ccc(Br)cc2)c(N)n1. The molecule has 0 aliphatic carbocycles. The minimum Gasteiger partial charge on any atom is -0.382 e. The van der Waals surface area contributed by atoms with Crippen molar-refractivity contribution in [3.05, 3.63) is 34.6 Å². The van der Waals surface area contributed by atoms with Crippen molar-refractivity contribution in [1.82, 2.24) is 15.2 Å². The molecule has 2 aromatic rings. The van der Waals surface area contributed by atoms with Crippen LogP contribution in [0.5, 0.6) is 0 Å². The van der Waals surface area contributed by atoms with Gasteiger partial charge in [0.05, 0.1) is 0 Å². The Bertz CT molecular complexity index is 523. The van der Waals surface area contributed by atoms with Crippen LogP contribution in [0.3, 0.4) is 0 Å². The summed E-state index contributed by atoms with van der Waals surface area (Å²) in [6.07, 6.45) is 0. The maximum absolute atomic E-state index is 5.90. The highest BCUT2D eigenvalue weighted by Crippen LogP contribution is 2.24. The summed E-state index contributed by atoms with van der Waals surface area (Å²) < 4.78 is 1.01. The zero-order chi connectivity index (χ0) is 12.4. The summed E-state index contributed by atoms with van der Waals surface area (Å²) in [6.45, 7) is 4.02. The van der Waals surface area contributed by atoms with Gasteiger partial charge in [-0.25, -0.2) is 4.98 Å². The van der Waals surface area contributed by atoms with E-state index in [1.807, 2.05) is 38.1 Å². The van der Waals surface area contributed by atoms with E-state index in [2.05, 4.69) is 31.1 Å². The van der Waals surface area contributed by atoms with Gasteiger partial charge < -0.3 is 5.73 Å². The number of hydrogen-bond acceptors (Lipinski definition) is 4. The smallest absolute Gasteiger partial charge is 0.155 e. The van der Waals surface area contributed by atoms with E-state index in [1.165, 1.54) is 0 Å². The van der Waals surface area contributed by atoms with Gasteiger partial charge in [-0.15, -0.1) is 10.2 Å². The van der Waals surface area contributed by atoms with Crippen LogP contribution < -0.4 is 5.73 Å². The first-order chi connectivity index (χ1) is 8.08. The van der Waals surface area contributed by atoms with Crippen LogP contribution in [0.25, 0.3) is 11.3 Å². The summed E-state index contributed by atoms with van der Waals surface area (Å²) in [5, 5.41) is 8.23. The molecule has 0 aliphatic rings. The number of nitrogen functional groups attached to an aromatic ring is 1. The van der Waals surface area contributed by atoms with Gasteiger partial charge in [0.15, 0.2) is 11.6 Å². The molecule has 1 heterocycles. The fourth-order valence-corrected chi connectivity index (χ4v) is 1.67. The zero-order valence-corrected chi connectivity index (χ0v) is 11.3. The van der Waals surface area contributed by atoms with Gasteiger partial charge in [0, 0.05) is 16.0 Å². The minimum absolute atomic E-state index is 0.226. The van der Waals surface area contributed by atoms with Gasteiger partial charge in [0.2, 0.25) is 0 Å². The highest BCUT2D eigenvalue weighted by molar-refractivity contribution is 9.10. The maximum atomic E-state index is 5.90. The van der Waals surface area contributed by atoms with Crippen molar-refractivity contribution in [2.75, 3.05) is 5.73 Å². The molecule has 4 nitrogen and oxygen atoms in total. The quantitative estimate of drug-likeness (QED) is 0.924. The lowest BCUT2D eigenvalue weighted by Crippen LogP contribution is -2.06. The highest BCUT2D eigenvalue weighted by atomic mass is 79.9. The summed E-state index contributed by atoms with van der Waals surface area (Å²) in [4.78, 5) is 4.26. The van der Waals surface area contributed by atoms with Gasteiger partial charge in [-0.1, -0.05) is 41.9 Å². The Kier molecular flexibility index (Phi) is 3.38. The van der Waals surface area contributed by atoms with Crippen LogP contribution >= 0.6 is 15.9 Å². The average Bonchev–Trinajstić information content (AvgIpc) is 2.30. The first kappa shape index (κ1) is 12.0. The van der Waals surface area contributed by atoms with Crippen LogP contribution in [0.15, 0.2) is 28.7 Å². The van der Waals surface area contributed by atoms with Crippen molar-refractivity contribution in [3.8, 4) is 11.3 Å². The van der Waals surface area contributed by atoms with Crippen LogP contribution in [-0.2, 0) is 0 Å². The number of nitrogens with two attached hydrogens (primary N) is 1. The standard InChI is InChI=1S/C12H13BrN4/c1-7(2)12-15-11(14)10(16-17-12)8-3-5-9(13)6-4-8/h3-7H,1-2H3,(H2,14,15,17). The molecule has 0 saturated carbocycles. The third kappa shape index (κ3) is 2.61. The van der Waals surface area contributed by atoms with E-state index in [-0.39, 0.29) is 5.92 Å². The average molecular weight is 293 g/mol. The van der Waals surface area contributed by atoms with Crippen LogP contribution in [0, 0.1) is 0 Å². The number of nitrogens with zero attached hydrogens (tertiary/aromatic N) is 3. The van der Waals surface area contributed by atoms with Gasteiger partial charge in [0.25, 0.3) is 0 Å². The molecule has 0 saturated heterocycles. The predicted octanol–water partition coefficient (Wildman–Crippen LogP) is 3.01. The van der Waals surface area contributed by atoms with E-state index in [0.717, 1.165) is 10.0 Å². The van der Waals surface area contributed by atoms with Crippen LogP contribution in [0.4, 0.5) is 5.82 Å². The second-order valence-corrected chi connectivity index (χ2v) is 4.98. The molecule has 0 amide bonds. The lowest BCUT2D eigenvalue weighted by Gasteiger charge is -2.07. The maximum Gasteiger partial charge on any atom is 0.155 e. The lowest BCUT2D eigenvalue weighted by molar-refractivity contribution is 0.741. The summed E-state index contributed by atoms with van der Waals surface area (Å²) >= 11 is 3.38. The Labute approximate surface area is 108 Å². The molecule has 0 fully saturated rings. The molecule has 0 bridgehead atoms. The number of hydrogen-bond donors (Lipinski definition) is 1. The van der Waals surface area contributed by atoms with Crippen molar-refractivity contribution in [3.63, 3.8) is 0 Å². The Morgan fingerprint density at radius 3 is 2.29 bits per heavy atom. The molecule has 17 heavy (non-hydrogen) atoms. The first-order valence-corrected chi connectivity index (χ1v) is 6.13. The van der Waals surface area contributed by atoms with E-state index < -0.39 is 0 Å². The van der Waals surface area contributed by atoms with Gasteiger partial charge in [-0.3, -0.25) is 0 Å². The Morgan fingerprint density at radius 2 is 1.76 bits per heavy atom. The Morgan fingerprint density at radius 1 is 1.12 bits per heavy atom. The second-order valence-electron chi connectivity index (χ2n) is 4.07. The van der Waals surface area contributed by atoms with E-state index in [1.54, 1.807) is 0 Å². The summed E-state index contributed by atoms with van der Waals surface area (Å²) in [5.74, 6) is 1.32. The number of halogens is 1. The number of anilines is 1. The number of rotatable bonds is 2. The van der Waals surface area contributed by atoms with E-state index in [0.29, 0.717) is 17.3 Å². The molecule has 2 rings (SSSR count). The molecule has 1 aromatic heterocycles. The van der Waals surface area contributed by atoms with E-state index in [4.69, 9.17) is 5.73 Å². The van der Waals surface area contributed by atoms with Crippen molar-refractivity contribution < 1.29 is 0 Å². The van der Waals surface area contributed by atoms with Crippen LogP contribution in [0.1, 0.15) is 25.6 Å². The van der Waals surface area contributed by atoms with Crippen molar-refractivity contribution in [2.45, 2.75) is 19.8 Å². The van der Waals surface area contributed by atoms with Crippen LogP contribution in [0.2, 0.25) is 0 Å². The molecule has 0 atom stereocenters. The van der Waals surface area contributed by atoms with Crippen LogP contribution in [-0.4, -0.2) is 15.2 Å². The summed E-state index contributed by atoms with van der Waals surface area (Å²) in [5.41, 5.74) is 7.45. The van der Waals surface area contributed by atoms with Gasteiger partial charge in [-0.2, -0.15) is 0 Å².